The first-order valence-electron chi connectivity index (χ1n) is 30.8. The lowest BCUT2D eigenvalue weighted by atomic mass is 9.30. The van der Waals surface area contributed by atoms with Crippen LogP contribution in [0.2, 0.25) is 0 Å². The second-order valence-corrected chi connectivity index (χ2v) is 25.6. The summed E-state index contributed by atoms with van der Waals surface area (Å²) in [5.41, 5.74) is 24.2. The van der Waals surface area contributed by atoms with E-state index < -0.39 is 0 Å². The average molecular weight is 1160 g/mol. The van der Waals surface area contributed by atoms with Crippen molar-refractivity contribution in [3.8, 4) is 69.3 Å². The molecule has 0 atom stereocenters. The number of nitrogens with zero attached hydrogens (tertiary/aromatic N) is 8. The summed E-state index contributed by atoms with van der Waals surface area (Å²) in [6.45, 7) is 6.75. The maximum Gasteiger partial charge on any atom is 0.244 e. The molecule has 17 aromatic rings. The maximum absolute atomic E-state index is 10.1. The maximum atomic E-state index is 10.1. The lowest BCUT2D eigenvalue weighted by Gasteiger charge is -2.37. The summed E-state index contributed by atoms with van der Waals surface area (Å²) in [6, 6.07) is 91.7. The number of hydrogen-bond donors (Lipinski definition) is 0. The summed E-state index contributed by atoms with van der Waals surface area (Å²) in [5.74, 6) is 0. The van der Waals surface area contributed by atoms with Crippen LogP contribution in [0.3, 0.4) is 0 Å². The molecule has 2 aliphatic rings. The highest BCUT2D eigenvalue weighted by Gasteiger charge is 2.44. The molecule has 0 fully saturated rings. The summed E-state index contributed by atoms with van der Waals surface area (Å²) >= 11 is 0. The largest absolute Gasteiger partial charge is 0.309 e. The molecule has 91 heavy (non-hydrogen) atoms. The Morgan fingerprint density at radius 1 is 0.308 bits per heavy atom. The zero-order valence-electron chi connectivity index (χ0n) is 49.6. The molecule has 418 valence electrons. The van der Waals surface area contributed by atoms with Crippen molar-refractivity contribution in [1.82, 2.24) is 18.3 Å². The molecule has 2 aliphatic heterocycles. The van der Waals surface area contributed by atoms with Crippen LogP contribution in [-0.2, 0) is 5.41 Å². The Morgan fingerprint density at radius 3 is 0.967 bits per heavy atom. The number of nitriles is 4. The molecule has 9 heteroatoms. The first-order chi connectivity index (χ1) is 44.6. The van der Waals surface area contributed by atoms with E-state index in [1.807, 2.05) is 48.5 Å². The second-order valence-electron chi connectivity index (χ2n) is 25.6. The Kier molecular flexibility index (Phi) is 10.1. The average Bonchev–Trinajstić information content (AvgIpc) is 1.64. The van der Waals surface area contributed by atoms with E-state index in [0.717, 1.165) is 121 Å². The SMILES string of the molecule is CC(C)(C)c1cc2c3c(c1)-c1c4c(cc5c6ccccc6n(-c6ccc(C#N)cc6)c5c4cc4c1c1ccccc1n4-c1ccc(C#N)cc1)B3c1cc3c4ccccc4n(-c4ccc(C#N)cc4)c3c3cc4c(c-2c13)c1ccccc1n4-c1ccc(C#N)cc1. The molecule has 0 saturated heterocycles. The standard InChI is InChI=1S/C82H47BN8/c1-82(2,3)50-36-61-77-73-63(40-71-75(77)57-14-6-10-18-69(57)88(71)51-28-20-46(42-84)21-29-51)80-59(55-12-4-8-16-67(55)90(80)53-32-24-48(44-86)25-33-53)38-65(73)83-66-39-60-56-13-5-9-17-68(56)91(54-34-26-49(45-87)27-35-54)81(60)64-41-72-76(78(74(64)66)62(37-50)79(61)83)58-15-7-11-19-70(58)89(72)52-30-22-47(43-85)23-31-52/h4-41H,1-3H3. The number of hydrogen-bond acceptors (Lipinski definition) is 4. The van der Waals surface area contributed by atoms with Crippen molar-refractivity contribution in [3.05, 3.63) is 258 Å². The van der Waals surface area contributed by atoms with Crippen molar-refractivity contribution >= 4 is 132 Å². The van der Waals surface area contributed by atoms with Gasteiger partial charge in [-0.15, -0.1) is 0 Å². The number of benzene rings is 13. The fourth-order valence-corrected chi connectivity index (χ4v) is 16.2. The van der Waals surface area contributed by atoms with Gasteiger partial charge in [0.15, 0.2) is 0 Å². The monoisotopic (exact) mass is 1150 g/mol. The van der Waals surface area contributed by atoms with Gasteiger partial charge in [0.05, 0.1) is 90.7 Å². The molecular weight excluding hydrogens is 1110 g/mol. The molecule has 13 aromatic carbocycles. The van der Waals surface area contributed by atoms with Gasteiger partial charge in [0.25, 0.3) is 0 Å². The third kappa shape index (κ3) is 6.68. The van der Waals surface area contributed by atoms with Crippen molar-refractivity contribution < 1.29 is 0 Å². The van der Waals surface area contributed by atoms with Gasteiger partial charge in [-0.2, -0.15) is 21.0 Å². The number of fused-ring (bicyclic) bond motifs is 20. The van der Waals surface area contributed by atoms with Gasteiger partial charge < -0.3 is 18.3 Å². The predicted molar refractivity (Wildman–Crippen MR) is 372 cm³/mol. The minimum absolute atomic E-state index is 0.263. The first-order valence-corrected chi connectivity index (χ1v) is 30.8. The molecule has 6 heterocycles. The van der Waals surface area contributed by atoms with Crippen LogP contribution in [0.5, 0.6) is 0 Å². The highest BCUT2D eigenvalue weighted by atomic mass is 15.0. The molecule has 0 radical (unpaired) electrons. The molecule has 4 aromatic heterocycles. The number of aromatic nitrogens is 4. The fraction of sp³-hybridized carbons (Fsp3) is 0.0488. The molecule has 0 bridgehead atoms. The van der Waals surface area contributed by atoms with Crippen molar-refractivity contribution in [2.75, 3.05) is 0 Å². The molecule has 19 rings (SSSR count). The Bertz CT molecular complexity index is 6000. The van der Waals surface area contributed by atoms with Crippen molar-refractivity contribution in [2.24, 2.45) is 0 Å². The molecule has 0 N–H and O–H groups in total. The van der Waals surface area contributed by atoms with E-state index in [-0.39, 0.29) is 12.1 Å². The summed E-state index contributed by atoms with van der Waals surface area (Å²) in [6.07, 6.45) is 0. The Hall–Kier alpha value is -12.4. The first kappa shape index (κ1) is 50.7. The van der Waals surface area contributed by atoms with E-state index in [1.165, 1.54) is 55.0 Å². The fourth-order valence-electron chi connectivity index (χ4n) is 16.2. The number of rotatable bonds is 4. The van der Waals surface area contributed by atoms with Crippen LogP contribution in [0.15, 0.2) is 231 Å². The lowest BCUT2D eigenvalue weighted by molar-refractivity contribution is 0.591. The Balaban J connectivity index is 1.08. The van der Waals surface area contributed by atoms with Crippen LogP contribution in [0.25, 0.3) is 154 Å². The molecule has 0 amide bonds. The van der Waals surface area contributed by atoms with E-state index in [1.54, 1.807) is 0 Å². The topological polar surface area (TPSA) is 115 Å². The van der Waals surface area contributed by atoms with Gasteiger partial charge >= 0.3 is 0 Å². The van der Waals surface area contributed by atoms with Gasteiger partial charge in [0.2, 0.25) is 6.71 Å². The normalized spacial score (nSPS) is 12.5. The van der Waals surface area contributed by atoms with Gasteiger partial charge in [-0.3, -0.25) is 0 Å². The minimum atomic E-state index is -0.313. The summed E-state index contributed by atoms with van der Waals surface area (Å²) in [7, 11) is 0. The smallest absolute Gasteiger partial charge is 0.244 e. The van der Waals surface area contributed by atoms with Gasteiger partial charge in [-0.25, -0.2) is 0 Å². The molecule has 0 unspecified atom stereocenters. The summed E-state index contributed by atoms with van der Waals surface area (Å²) in [4.78, 5) is 0. The van der Waals surface area contributed by atoms with E-state index in [2.05, 4.69) is 245 Å². The summed E-state index contributed by atoms with van der Waals surface area (Å²) < 4.78 is 9.64. The third-order valence-electron chi connectivity index (χ3n) is 20.0. The molecule has 0 saturated carbocycles. The van der Waals surface area contributed by atoms with Gasteiger partial charge in [0, 0.05) is 76.6 Å². The van der Waals surface area contributed by atoms with Crippen LogP contribution in [0, 0.1) is 45.3 Å². The zero-order valence-corrected chi connectivity index (χ0v) is 49.6. The van der Waals surface area contributed by atoms with Gasteiger partial charge in [0.1, 0.15) is 0 Å². The van der Waals surface area contributed by atoms with Crippen molar-refractivity contribution in [1.29, 1.82) is 21.0 Å². The van der Waals surface area contributed by atoms with Gasteiger partial charge in [-0.05, 0) is 177 Å². The lowest BCUT2D eigenvalue weighted by Crippen LogP contribution is -2.57. The van der Waals surface area contributed by atoms with Crippen LogP contribution in [0.4, 0.5) is 0 Å². The molecule has 0 spiro atoms. The van der Waals surface area contributed by atoms with Crippen LogP contribution >= 0.6 is 0 Å². The minimum Gasteiger partial charge on any atom is -0.309 e. The quantitative estimate of drug-likeness (QED) is 0.163. The second kappa shape index (κ2) is 18.1. The van der Waals surface area contributed by atoms with E-state index in [9.17, 15) is 21.0 Å². The van der Waals surface area contributed by atoms with Crippen LogP contribution < -0.4 is 16.4 Å². The number of para-hydroxylation sites is 4. The highest BCUT2D eigenvalue weighted by Crippen LogP contribution is 2.53. The predicted octanol–water partition coefficient (Wildman–Crippen LogP) is 17.6. The zero-order chi connectivity index (χ0) is 60.9. The van der Waals surface area contributed by atoms with Crippen LogP contribution in [0.1, 0.15) is 48.6 Å². The highest BCUT2D eigenvalue weighted by molar-refractivity contribution is 7.02. The Labute approximate surface area is 522 Å². The van der Waals surface area contributed by atoms with Crippen molar-refractivity contribution in [3.63, 3.8) is 0 Å². The van der Waals surface area contributed by atoms with E-state index in [4.69, 9.17) is 0 Å². The van der Waals surface area contributed by atoms with Crippen LogP contribution in [-0.4, -0.2) is 25.0 Å². The molecular formula is C82H47BN8. The third-order valence-corrected chi connectivity index (χ3v) is 20.0. The van der Waals surface area contributed by atoms with Gasteiger partial charge in [-0.1, -0.05) is 134 Å². The van der Waals surface area contributed by atoms with E-state index >= 15 is 0 Å². The van der Waals surface area contributed by atoms with Crippen molar-refractivity contribution in [2.45, 2.75) is 26.2 Å². The molecule has 0 aliphatic carbocycles. The molecule has 8 nitrogen and oxygen atoms in total. The summed E-state index contributed by atoms with van der Waals surface area (Å²) in [5, 5.41) is 54.3. The van der Waals surface area contributed by atoms with E-state index in [0.29, 0.717) is 22.3 Å². The Morgan fingerprint density at radius 2 is 0.626 bits per heavy atom.